The summed E-state index contributed by atoms with van der Waals surface area (Å²) in [5.41, 5.74) is 13.0. The standard InChI is InChI=1S/C15H21N/c1-10-6-11(2)15(12(3)7-10)9-13-4-5-14(16)8-13/h6-7,9,14H,4-5,8,16H2,1-3H3. The van der Waals surface area contributed by atoms with Crippen LogP contribution >= 0.6 is 0 Å². The molecule has 0 aromatic heterocycles. The van der Waals surface area contributed by atoms with Gasteiger partial charge in [0.1, 0.15) is 0 Å². The largest absolute Gasteiger partial charge is 0.327 e. The fourth-order valence-electron chi connectivity index (χ4n) is 2.67. The van der Waals surface area contributed by atoms with Crippen molar-refractivity contribution in [1.29, 1.82) is 0 Å². The van der Waals surface area contributed by atoms with Gasteiger partial charge in [-0.25, -0.2) is 0 Å². The summed E-state index contributed by atoms with van der Waals surface area (Å²) in [6, 6.07) is 4.90. The van der Waals surface area contributed by atoms with Gasteiger partial charge >= 0.3 is 0 Å². The maximum atomic E-state index is 5.94. The first kappa shape index (κ1) is 11.4. The fourth-order valence-corrected chi connectivity index (χ4v) is 2.67. The Kier molecular flexibility index (Phi) is 3.15. The maximum Gasteiger partial charge on any atom is 0.00792 e. The normalized spacial score (nSPS) is 23.0. The molecule has 1 aliphatic rings. The zero-order chi connectivity index (χ0) is 11.7. The molecule has 0 heterocycles. The summed E-state index contributed by atoms with van der Waals surface area (Å²) in [4.78, 5) is 0. The minimum absolute atomic E-state index is 0.386. The van der Waals surface area contributed by atoms with Crippen molar-refractivity contribution in [3.8, 4) is 0 Å². The molecule has 0 amide bonds. The first-order valence-electron chi connectivity index (χ1n) is 6.09. The molecule has 1 fully saturated rings. The predicted molar refractivity (Wildman–Crippen MR) is 70.5 cm³/mol. The van der Waals surface area contributed by atoms with E-state index < -0.39 is 0 Å². The van der Waals surface area contributed by atoms with Gasteiger partial charge in [-0.1, -0.05) is 29.3 Å². The quantitative estimate of drug-likeness (QED) is 0.762. The molecule has 86 valence electrons. The first-order chi connectivity index (χ1) is 7.56. The van der Waals surface area contributed by atoms with Crippen molar-refractivity contribution in [2.45, 2.75) is 46.1 Å². The highest BCUT2D eigenvalue weighted by Crippen LogP contribution is 2.28. The monoisotopic (exact) mass is 215 g/mol. The number of aryl methyl sites for hydroxylation is 3. The van der Waals surface area contributed by atoms with E-state index in [4.69, 9.17) is 5.73 Å². The number of hydrogen-bond donors (Lipinski definition) is 1. The van der Waals surface area contributed by atoms with Gasteiger partial charge in [-0.15, -0.1) is 0 Å². The molecule has 2 rings (SSSR count). The molecule has 2 N–H and O–H groups in total. The number of benzene rings is 1. The zero-order valence-corrected chi connectivity index (χ0v) is 10.5. The molecular formula is C15H21N. The molecule has 0 spiro atoms. The van der Waals surface area contributed by atoms with Gasteiger partial charge < -0.3 is 5.73 Å². The molecule has 1 aromatic rings. The van der Waals surface area contributed by atoms with Crippen molar-refractivity contribution in [3.63, 3.8) is 0 Å². The topological polar surface area (TPSA) is 26.0 Å². The Morgan fingerprint density at radius 3 is 2.31 bits per heavy atom. The van der Waals surface area contributed by atoms with Crippen LogP contribution in [0.15, 0.2) is 17.7 Å². The minimum atomic E-state index is 0.386. The van der Waals surface area contributed by atoms with Crippen molar-refractivity contribution in [1.82, 2.24) is 0 Å². The van der Waals surface area contributed by atoms with E-state index in [1.54, 1.807) is 0 Å². The fraction of sp³-hybridized carbons (Fsp3) is 0.467. The van der Waals surface area contributed by atoms with E-state index in [9.17, 15) is 0 Å². The second kappa shape index (κ2) is 4.42. The highest BCUT2D eigenvalue weighted by atomic mass is 14.6. The summed E-state index contributed by atoms with van der Waals surface area (Å²) < 4.78 is 0. The van der Waals surface area contributed by atoms with E-state index in [1.165, 1.54) is 34.2 Å². The Balaban J connectivity index is 2.34. The van der Waals surface area contributed by atoms with Gasteiger partial charge in [0.15, 0.2) is 0 Å². The van der Waals surface area contributed by atoms with Gasteiger partial charge in [0, 0.05) is 6.04 Å². The lowest BCUT2D eigenvalue weighted by Gasteiger charge is -2.08. The van der Waals surface area contributed by atoms with E-state index in [0.29, 0.717) is 6.04 Å². The van der Waals surface area contributed by atoms with Gasteiger partial charge in [0.2, 0.25) is 0 Å². The second-order valence-electron chi connectivity index (χ2n) is 5.12. The third-order valence-electron chi connectivity index (χ3n) is 3.45. The summed E-state index contributed by atoms with van der Waals surface area (Å²) >= 11 is 0. The number of rotatable bonds is 1. The molecular weight excluding hydrogens is 194 g/mol. The van der Waals surface area contributed by atoms with Crippen LogP contribution in [0.1, 0.15) is 41.5 Å². The molecule has 1 atom stereocenters. The SMILES string of the molecule is Cc1cc(C)c(C=C2CCC(N)C2)c(C)c1. The molecule has 0 aliphatic heterocycles. The van der Waals surface area contributed by atoms with Gasteiger partial charge in [-0.05, 0) is 56.7 Å². The van der Waals surface area contributed by atoms with Crippen LogP contribution in [0.5, 0.6) is 0 Å². The van der Waals surface area contributed by atoms with Crippen LogP contribution in [0, 0.1) is 20.8 Å². The van der Waals surface area contributed by atoms with Gasteiger partial charge in [-0.2, -0.15) is 0 Å². The van der Waals surface area contributed by atoms with Crippen LogP contribution in [0.2, 0.25) is 0 Å². The molecule has 0 bridgehead atoms. The van der Waals surface area contributed by atoms with Crippen LogP contribution in [0.3, 0.4) is 0 Å². The van der Waals surface area contributed by atoms with Crippen molar-refractivity contribution in [3.05, 3.63) is 40.0 Å². The zero-order valence-electron chi connectivity index (χ0n) is 10.5. The van der Waals surface area contributed by atoms with Crippen LogP contribution < -0.4 is 5.73 Å². The van der Waals surface area contributed by atoms with Crippen molar-refractivity contribution in [2.75, 3.05) is 0 Å². The third-order valence-corrected chi connectivity index (χ3v) is 3.45. The summed E-state index contributed by atoms with van der Waals surface area (Å²) in [6.07, 6.45) is 5.76. The molecule has 1 nitrogen and oxygen atoms in total. The van der Waals surface area contributed by atoms with Crippen LogP contribution in [0.4, 0.5) is 0 Å². The lowest BCUT2D eigenvalue weighted by molar-refractivity contribution is 0.711. The first-order valence-corrected chi connectivity index (χ1v) is 6.09. The Hall–Kier alpha value is -1.08. The highest BCUT2D eigenvalue weighted by molar-refractivity contribution is 5.61. The van der Waals surface area contributed by atoms with Crippen molar-refractivity contribution < 1.29 is 0 Å². The van der Waals surface area contributed by atoms with Crippen molar-refractivity contribution in [2.24, 2.45) is 5.73 Å². The van der Waals surface area contributed by atoms with E-state index in [2.05, 4.69) is 39.0 Å². The van der Waals surface area contributed by atoms with E-state index >= 15 is 0 Å². The molecule has 1 aromatic carbocycles. The minimum Gasteiger partial charge on any atom is -0.327 e. The van der Waals surface area contributed by atoms with Crippen molar-refractivity contribution >= 4 is 6.08 Å². The summed E-state index contributed by atoms with van der Waals surface area (Å²) in [6.45, 7) is 6.55. The van der Waals surface area contributed by atoms with E-state index in [0.717, 1.165) is 12.8 Å². The lowest BCUT2D eigenvalue weighted by Crippen LogP contribution is -2.13. The average molecular weight is 215 g/mol. The summed E-state index contributed by atoms with van der Waals surface area (Å²) in [5, 5.41) is 0. The van der Waals surface area contributed by atoms with Gasteiger partial charge in [0.05, 0.1) is 0 Å². The predicted octanol–water partition coefficient (Wildman–Crippen LogP) is 3.51. The second-order valence-corrected chi connectivity index (χ2v) is 5.12. The Morgan fingerprint density at radius 2 is 1.81 bits per heavy atom. The number of hydrogen-bond acceptors (Lipinski definition) is 1. The average Bonchev–Trinajstić information content (AvgIpc) is 2.58. The Bertz CT molecular complexity index is 406. The van der Waals surface area contributed by atoms with Gasteiger partial charge in [0.25, 0.3) is 0 Å². The molecule has 0 saturated heterocycles. The van der Waals surface area contributed by atoms with Crippen LogP contribution in [-0.2, 0) is 0 Å². The molecule has 16 heavy (non-hydrogen) atoms. The maximum absolute atomic E-state index is 5.94. The number of nitrogens with two attached hydrogens (primary N) is 1. The molecule has 0 radical (unpaired) electrons. The van der Waals surface area contributed by atoms with Crippen LogP contribution in [-0.4, -0.2) is 6.04 Å². The lowest BCUT2D eigenvalue weighted by atomic mass is 9.97. The van der Waals surface area contributed by atoms with E-state index in [1.807, 2.05) is 0 Å². The molecule has 1 unspecified atom stereocenters. The highest BCUT2D eigenvalue weighted by Gasteiger charge is 2.15. The third kappa shape index (κ3) is 2.35. The molecule has 1 heteroatoms. The molecule has 1 aliphatic carbocycles. The van der Waals surface area contributed by atoms with E-state index in [-0.39, 0.29) is 0 Å². The summed E-state index contributed by atoms with van der Waals surface area (Å²) in [5.74, 6) is 0. The smallest absolute Gasteiger partial charge is 0.00792 e. The Labute approximate surface area is 98.4 Å². The van der Waals surface area contributed by atoms with Gasteiger partial charge in [-0.3, -0.25) is 0 Å². The molecule has 1 saturated carbocycles. The Morgan fingerprint density at radius 1 is 1.19 bits per heavy atom. The van der Waals surface area contributed by atoms with Crippen LogP contribution in [0.25, 0.3) is 6.08 Å². The summed E-state index contributed by atoms with van der Waals surface area (Å²) in [7, 11) is 0.